The molecule has 2 N–H and O–H groups in total. The smallest absolute Gasteiger partial charge is 0.354 e. The van der Waals surface area contributed by atoms with Crippen LogP contribution in [0.25, 0.3) is 16.9 Å². The average Bonchev–Trinajstić information content (AvgIpc) is 3.46. The fourth-order valence-corrected chi connectivity index (χ4v) is 3.80. The highest BCUT2D eigenvalue weighted by Gasteiger charge is 2.18. The van der Waals surface area contributed by atoms with Gasteiger partial charge in [0.1, 0.15) is 5.69 Å². The number of rotatable bonds is 5. The number of aromatic amines is 1. The Morgan fingerprint density at radius 3 is 2.90 bits per heavy atom. The van der Waals surface area contributed by atoms with Crippen molar-refractivity contribution in [2.24, 2.45) is 0 Å². The highest BCUT2D eigenvalue weighted by molar-refractivity contribution is 7.14. The van der Waals surface area contributed by atoms with E-state index in [1.165, 1.54) is 24.6 Å². The van der Waals surface area contributed by atoms with Gasteiger partial charge in [-0.15, -0.1) is 11.3 Å². The second kappa shape index (κ2) is 8.13. The SMILES string of the molecule is COC(=O)c1cc(-c2csc(NC(=O)c3cnn(-c4cccc(Cl)c4)c3C)n2)c[nH]1. The zero-order chi connectivity index (χ0) is 21.3. The lowest BCUT2D eigenvalue weighted by atomic mass is 10.2. The van der Waals surface area contributed by atoms with E-state index in [1.54, 1.807) is 34.5 Å². The second-order valence-corrected chi connectivity index (χ2v) is 7.62. The largest absolute Gasteiger partial charge is 0.464 e. The van der Waals surface area contributed by atoms with Crippen LogP contribution < -0.4 is 5.32 Å². The van der Waals surface area contributed by atoms with Crippen molar-refractivity contribution in [3.63, 3.8) is 0 Å². The van der Waals surface area contributed by atoms with Crippen molar-refractivity contribution in [1.29, 1.82) is 0 Å². The monoisotopic (exact) mass is 441 g/mol. The minimum Gasteiger partial charge on any atom is -0.464 e. The average molecular weight is 442 g/mol. The highest BCUT2D eigenvalue weighted by Crippen LogP contribution is 2.26. The van der Waals surface area contributed by atoms with Gasteiger partial charge >= 0.3 is 5.97 Å². The molecule has 0 aliphatic heterocycles. The van der Waals surface area contributed by atoms with Crippen LogP contribution in [0.15, 0.2) is 48.1 Å². The molecule has 3 heterocycles. The molecule has 0 atom stereocenters. The number of thiazole rings is 1. The predicted molar refractivity (Wildman–Crippen MR) is 115 cm³/mol. The number of hydrogen-bond donors (Lipinski definition) is 2. The van der Waals surface area contributed by atoms with Crippen LogP contribution in [0, 0.1) is 6.92 Å². The number of aromatic nitrogens is 4. The Kier molecular flexibility index (Phi) is 5.39. The van der Waals surface area contributed by atoms with Crippen molar-refractivity contribution in [1.82, 2.24) is 19.7 Å². The van der Waals surface area contributed by atoms with Gasteiger partial charge in [-0.1, -0.05) is 17.7 Å². The summed E-state index contributed by atoms with van der Waals surface area (Å²) < 4.78 is 6.34. The Bertz CT molecular complexity index is 1240. The molecule has 0 spiro atoms. The molecule has 3 aromatic heterocycles. The fraction of sp³-hybridized carbons (Fsp3) is 0.100. The van der Waals surface area contributed by atoms with E-state index in [4.69, 9.17) is 11.6 Å². The number of methoxy groups -OCH3 is 1. The van der Waals surface area contributed by atoms with E-state index in [2.05, 4.69) is 25.1 Å². The summed E-state index contributed by atoms with van der Waals surface area (Å²) in [6.45, 7) is 1.81. The lowest BCUT2D eigenvalue weighted by molar-refractivity contribution is 0.0594. The molecule has 0 unspecified atom stereocenters. The van der Waals surface area contributed by atoms with Gasteiger partial charge in [-0.05, 0) is 31.2 Å². The third kappa shape index (κ3) is 3.85. The number of benzene rings is 1. The fourth-order valence-electron chi connectivity index (χ4n) is 2.90. The van der Waals surface area contributed by atoms with E-state index in [1.807, 2.05) is 19.1 Å². The van der Waals surface area contributed by atoms with Gasteiger partial charge in [-0.2, -0.15) is 5.10 Å². The van der Waals surface area contributed by atoms with E-state index in [0.29, 0.717) is 32.8 Å². The third-order valence-corrected chi connectivity index (χ3v) is 5.41. The Morgan fingerprint density at radius 1 is 1.30 bits per heavy atom. The third-order valence-electron chi connectivity index (χ3n) is 4.42. The molecule has 0 aliphatic carbocycles. The summed E-state index contributed by atoms with van der Waals surface area (Å²) in [7, 11) is 1.32. The first-order chi connectivity index (χ1) is 14.5. The number of carbonyl (C=O) groups is 2. The summed E-state index contributed by atoms with van der Waals surface area (Å²) in [5.41, 5.74) is 3.56. The lowest BCUT2D eigenvalue weighted by Crippen LogP contribution is -2.13. The number of anilines is 1. The van der Waals surface area contributed by atoms with E-state index in [9.17, 15) is 9.59 Å². The summed E-state index contributed by atoms with van der Waals surface area (Å²) in [6.07, 6.45) is 3.17. The van der Waals surface area contributed by atoms with Crippen LogP contribution in [-0.4, -0.2) is 38.7 Å². The molecule has 0 fully saturated rings. The Balaban J connectivity index is 1.51. The molecular weight excluding hydrogens is 426 g/mol. The maximum Gasteiger partial charge on any atom is 0.354 e. The topological polar surface area (TPSA) is 102 Å². The zero-order valence-corrected chi connectivity index (χ0v) is 17.5. The number of carbonyl (C=O) groups excluding carboxylic acids is 2. The molecule has 10 heteroatoms. The minimum absolute atomic E-state index is 0.314. The Hall–Kier alpha value is -3.43. The summed E-state index contributed by atoms with van der Waals surface area (Å²) in [5.74, 6) is -0.775. The van der Waals surface area contributed by atoms with Gasteiger partial charge in [0.25, 0.3) is 5.91 Å². The molecule has 8 nitrogen and oxygen atoms in total. The van der Waals surface area contributed by atoms with Crippen LogP contribution in [0.4, 0.5) is 5.13 Å². The predicted octanol–water partition coefficient (Wildman–Crippen LogP) is 4.32. The molecule has 152 valence electrons. The normalized spacial score (nSPS) is 10.8. The Labute approximate surface area is 180 Å². The van der Waals surface area contributed by atoms with E-state index < -0.39 is 5.97 Å². The van der Waals surface area contributed by atoms with Gasteiger partial charge < -0.3 is 9.72 Å². The summed E-state index contributed by atoms with van der Waals surface area (Å²) >= 11 is 7.33. The van der Waals surface area contributed by atoms with Gasteiger partial charge in [0.05, 0.1) is 35.9 Å². The van der Waals surface area contributed by atoms with Crippen LogP contribution in [0.2, 0.25) is 5.02 Å². The molecular formula is C20H16ClN5O3S. The van der Waals surface area contributed by atoms with Gasteiger partial charge in [-0.3, -0.25) is 10.1 Å². The molecule has 1 amide bonds. The number of ether oxygens (including phenoxy) is 1. The lowest BCUT2D eigenvalue weighted by Gasteiger charge is -2.06. The second-order valence-electron chi connectivity index (χ2n) is 6.32. The molecule has 30 heavy (non-hydrogen) atoms. The van der Waals surface area contributed by atoms with Gasteiger partial charge in [0.15, 0.2) is 5.13 Å². The Morgan fingerprint density at radius 2 is 2.13 bits per heavy atom. The maximum absolute atomic E-state index is 12.7. The molecule has 0 radical (unpaired) electrons. The van der Waals surface area contributed by atoms with E-state index >= 15 is 0 Å². The molecule has 0 aliphatic rings. The standard InChI is InChI=1S/C20H16ClN5O3S/c1-11-15(9-23-26(11)14-5-3-4-13(21)7-14)18(27)25-20-24-17(10-30-20)12-6-16(22-8-12)19(28)29-2/h3-10,22H,1-2H3,(H,24,25,27). The first kappa shape index (κ1) is 19.9. The first-order valence-corrected chi connectivity index (χ1v) is 10.1. The van der Waals surface area contributed by atoms with Gasteiger partial charge in [0, 0.05) is 22.2 Å². The van der Waals surface area contributed by atoms with Crippen molar-refractivity contribution >= 4 is 39.9 Å². The number of H-pyrrole nitrogens is 1. The number of nitrogens with zero attached hydrogens (tertiary/aromatic N) is 3. The number of esters is 1. The number of nitrogens with one attached hydrogen (secondary N) is 2. The van der Waals surface area contributed by atoms with Crippen LogP contribution in [0.1, 0.15) is 26.5 Å². The molecule has 0 bridgehead atoms. The van der Waals surface area contributed by atoms with Gasteiger partial charge in [0.2, 0.25) is 0 Å². The number of amides is 1. The van der Waals surface area contributed by atoms with Crippen LogP contribution in [0.5, 0.6) is 0 Å². The molecule has 0 saturated heterocycles. The van der Waals surface area contributed by atoms with Crippen molar-refractivity contribution in [3.8, 4) is 16.9 Å². The van der Waals surface area contributed by atoms with Gasteiger partial charge in [-0.25, -0.2) is 14.5 Å². The van der Waals surface area contributed by atoms with Crippen molar-refractivity contribution in [2.45, 2.75) is 6.92 Å². The minimum atomic E-state index is -0.461. The quantitative estimate of drug-likeness (QED) is 0.449. The van der Waals surface area contributed by atoms with Crippen LogP contribution >= 0.6 is 22.9 Å². The molecule has 4 rings (SSSR count). The van der Waals surface area contributed by atoms with Crippen molar-refractivity contribution < 1.29 is 14.3 Å². The van der Waals surface area contributed by atoms with Crippen molar-refractivity contribution in [3.05, 3.63) is 70.1 Å². The maximum atomic E-state index is 12.7. The highest BCUT2D eigenvalue weighted by atomic mass is 35.5. The molecule has 0 saturated carbocycles. The summed E-state index contributed by atoms with van der Waals surface area (Å²) in [6, 6.07) is 8.88. The number of halogens is 1. The first-order valence-electron chi connectivity index (χ1n) is 8.81. The summed E-state index contributed by atoms with van der Waals surface area (Å²) in [4.78, 5) is 31.6. The van der Waals surface area contributed by atoms with E-state index in [0.717, 1.165) is 11.3 Å². The zero-order valence-electron chi connectivity index (χ0n) is 16.0. The van der Waals surface area contributed by atoms with Crippen LogP contribution in [0.3, 0.4) is 0 Å². The van der Waals surface area contributed by atoms with Crippen molar-refractivity contribution in [2.75, 3.05) is 12.4 Å². The van der Waals surface area contributed by atoms with E-state index in [-0.39, 0.29) is 5.91 Å². The number of hydrogen-bond acceptors (Lipinski definition) is 6. The molecule has 4 aromatic rings. The summed E-state index contributed by atoms with van der Waals surface area (Å²) in [5, 5.41) is 9.91. The van der Waals surface area contributed by atoms with Crippen LogP contribution in [-0.2, 0) is 4.74 Å². The molecule has 1 aromatic carbocycles.